The molecule has 1 N–H and O–H groups in total. The van der Waals surface area contributed by atoms with Crippen LogP contribution >= 0.6 is 0 Å². The monoisotopic (exact) mass is 378 g/mol. The Morgan fingerprint density at radius 1 is 0.929 bits per heavy atom. The topological polar surface area (TPSA) is 60.9 Å². The highest BCUT2D eigenvalue weighted by molar-refractivity contribution is 5.93. The van der Waals surface area contributed by atoms with E-state index in [1.807, 2.05) is 48.5 Å². The van der Waals surface area contributed by atoms with E-state index in [1.165, 1.54) is 5.56 Å². The van der Waals surface area contributed by atoms with Gasteiger partial charge in [-0.15, -0.1) is 0 Å². The summed E-state index contributed by atoms with van der Waals surface area (Å²) in [6, 6.07) is 19.6. The van der Waals surface area contributed by atoms with E-state index in [-0.39, 0.29) is 5.91 Å². The minimum atomic E-state index is -0.899. The molecule has 146 valence electrons. The number of carbonyl (C=O) groups excluding carboxylic acids is 1. The maximum Gasteiger partial charge on any atom is 0.326 e. The Balaban J connectivity index is 1.55. The summed E-state index contributed by atoms with van der Waals surface area (Å²) in [6.07, 6.45) is 1.98. The molecule has 2 aliphatic heterocycles. The van der Waals surface area contributed by atoms with Gasteiger partial charge in [-0.25, -0.2) is 4.79 Å². The lowest BCUT2D eigenvalue weighted by atomic mass is 9.70. The molecule has 1 atom stereocenters. The summed E-state index contributed by atoms with van der Waals surface area (Å²) in [6.45, 7) is 3.06. The van der Waals surface area contributed by atoms with Crippen molar-refractivity contribution in [1.29, 1.82) is 0 Å². The van der Waals surface area contributed by atoms with Crippen LogP contribution < -0.4 is 0 Å². The zero-order chi connectivity index (χ0) is 19.6. The van der Waals surface area contributed by atoms with Gasteiger partial charge in [0.1, 0.15) is 6.04 Å². The fourth-order valence-electron chi connectivity index (χ4n) is 4.48. The highest BCUT2D eigenvalue weighted by Crippen LogP contribution is 2.40. The first-order valence-electron chi connectivity index (χ1n) is 9.96. The van der Waals surface area contributed by atoms with Gasteiger partial charge in [0, 0.05) is 13.1 Å². The van der Waals surface area contributed by atoms with E-state index in [0.29, 0.717) is 25.8 Å². The van der Waals surface area contributed by atoms with Crippen LogP contribution in [-0.2, 0) is 21.5 Å². The number of carboxylic acids is 1. The third-order valence-corrected chi connectivity index (χ3v) is 6.26. The van der Waals surface area contributed by atoms with Crippen molar-refractivity contribution in [2.75, 3.05) is 19.6 Å². The maximum absolute atomic E-state index is 13.5. The minimum absolute atomic E-state index is 0.0169. The molecule has 4 rings (SSSR count). The Kier molecular flexibility index (Phi) is 5.18. The molecule has 5 nitrogen and oxygen atoms in total. The summed E-state index contributed by atoms with van der Waals surface area (Å²) in [5.74, 6) is -0.916. The lowest BCUT2D eigenvalue weighted by Gasteiger charge is -2.48. The number of hydrogen-bond acceptors (Lipinski definition) is 3. The standard InChI is InChI=1S/C23H26N2O3/c26-21(27)20-11-14-25(20)22(28)23(19-9-5-2-6-10-19)12-15-24(16-13-23)17-18-7-3-1-4-8-18/h1-10,20H,11-17H2,(H,26,27)/t20-/m1/s1. The summed E-state index contributed by atoms with van der Waals surface area (Å²) >= 11 is 0. The van der Waals surface area contributed by atoms with E-state index in [1.54, 1.807) is 4.90 Å². The molecule has 0 saturated carbocycles. The molecular formula is C23H26N2O3. The molecule has 2 aliphatic rings. The fraction of sp³-hybridized carbons (Fsp3) is 0.391. The molecule has 0 unspecified atom stereocenters. The van der Waals surface area contributed by atoms with Crippen molar-refractivity contribution in [1.82, 2.24) is 9.80 Å². The molecule has 0 aromatic heterocycles. The number of hydrogen-bond donors (Lipinski definition) is 1. The van der Waals surface area contributed by atoms with Crippen LogP contribution in [0.2, 0.25) is 0 Å². The van der Waals surface area contributed by atoms with Crippen LogP contribution in [0, 0.1) is 0 Å². The van der Waals surface area contributed by atoms with Crippen molar-refractivity contribution < 1.29 is 14.7 Å². The number of piperidine rings is 1. The van der Waals surface area contributed by atoms with Crippen LogP contribution in [0.25, 0.3) is 0 Å². The van der Waals surface area contributed by atoms with Gasteiger partial charge in [-0.1, -0.05) is 60.7 Å². The summed E-state index contributed by atoms with van der Waals surface area (Å²) < 4.78 is 0. The number of likely N-dealkylation sites (tertiary alicyclic amines) is 2. The minimum Gasteiger partial charge on any atom is -0.480 e. The molecule has 2 aromatic carbocycles. The number of benzene rings is 2. The third kappa shape index (κ3) is 3.42. The molecule has 2 aromatic rings. The van der Waals surface area contributed by atoms with E-state index < -0.39 is 17.4 Å². The van der Waals surface area contributed by atoms with Crippen LogP contribution in [0.5, 0.6) is 0 Å². The fourth-order valence-corrected chi connectivity index (χ4v) is 4.48. The number of rotatable bonds is 5. The SMILES string of the molecule is O=C(O)[C@H]1CCN1C(=O)C1(c2ccccc2)CCN(Cc2ccccc2)CC1. The maximum atomic E-state index is 13.5. The summed E-state index contributed by atoms with van der Waals surface area (Å²) in [5.41, 5.74) is 1.66. The quantitative estimate of drug-likeness (QED) is 0.869. The van der Waals surface area contributed by atoms with Gasteiger partial charge < -0.3 is 10.0 Å². The molecule has 2 heterocycles. The van der Waals surface area contributed by atoms with Gasteiger partial charge in [0.2, 0.25) is 5.91 Å². The molecule has 2 saturated heterocycles. The van der Waals surface area contributed by atoms with Crippen LogP contribution in [0.15, 0.2) is 60.7 Å². The van der Waals surface area contributed by atoms with Gasteiger partial charge in [-0.2, -0.15) is 0 Å². The Labute approximate surface area is 165 Å². The summed E-state index contributed by atoms with van der Waals surface area (Å²) in [4.78, 5) is 29.0. The number of carbonyl (C=O) groups is 2. The van der Waals surface area contributed by atoms with E-state index in [2.05, 4.69) is 17.0 Å². The van der Waals surface area contributed by atoms with Gasteiger partial charge in [-0.05, 0) is 43.5 Å². The second kappa shape index (κ2) is 7.76. The lowest BCUT2D eigenvalue weighted by Crippen LogP contribution is -2.62. The normalized spacial score (nSPS) is 21.7. The molecule has 28 heavy (non-hydrogen) atoms. The number of carboxylic acid groups (broad SMARTS) is 1. The predicted molar refractivity (Wildman–Crippen MR) is 107 cm³/mol. The average molecular weight is 378 g/mol. The van der Waals surface area contributed by atoms with Gasteiger partial charge in [0.05, 0.1) is 5.41 Å². The first-order valence-corrected chi connectivity index (χ1v) is 9.96. The van der Waals surface area contributed by atoms with Crippen LogP contribution in [0.1, 0.15) is 30.4 Å². The number of aliphatic carboxylic acids is 1. The largest absolute Gasteiger partial charge is 0.480 e. The van der Waals surface area contributed by atoms with Crippen LogP contribution in [0.3, 0.4) is 0 Å². The van der Waals surface area contributed by atoms with Crippen LogP contribution in [-0.4, -0.2) is 52.5 Å². The third-order valence-electron chi connectivity index (χ3n) is 6.26. The molecule has 0 spiro atoms. The van der Waals surface area contributed by atoms with E-state index >= 15 is 0 Å². The Hall–Kier alpha value is -2.66. The van der Waals surface area contributed by atoms with E-state index in [9.17, 15) is 14.7 Å². The van der Waals surface area contributed by atoms with Crippen molar-refractivity contribution in [2.45, 2.75) is 37.3 Å². The Morgan fingerprint density at radius 3 is 2.07 bits per heavy atom. The van der Waals surface area contributed by atoms with Gasteiger partial charge in [-0.3, -0.25) is 9.69 Å². The van der Waals surface area contributed by atoms with Crippen molar-refractivity contribution in [3.8, 4) is 0 Å². The zero-order valence-corrected chi connectivity index (χ0v) is 16.0. The van der Waals surface area contributed by atoms with Crippen molar-refractivity contribution >= 4 is 11.9 Å². The zero-order valence-electron chi connectivity index (χ0n) is 16.0. The Bertz CT molecular complexity index is 829. The van der Waals surface area contributed by atoms with Gasteiger partial charge in [0.15, 0.2) is 0 Å². The molecular weight excluding hydrogens is 352 g/mol. The molecule has 0 bridgehead atoms. The van der Waals surface area contributed by atoms with Crippen molar-refractivity contribution in [2.24, 2.45) is 0 Å². The lowest BCUT2D eigenvalue weighted by molar-refractivity contribution is -0.161. The highest BCUT2D eigenvalue weighted by Gasteiger charge is 2.49. The highest BCUT2D eigenvalue weighted by atomic mass is 16.4. The van der Waals surface area contributed by atoms with Crippen LogP contribution in [0.4, 0.5) is 0 Å². The summed E-state index contributed by atoms with van der Waals surface area (Å²) in [5, 5.41) is 9.41. The van der Waals surface area contributed by atoms with Crippen molar-refractivity contribution in [3.63, 3.8) is 0 Å². The van der Waals surface area contributed by atoms with Gasteiger partial charge in [0.25, 0.3) is 0 Å². The molecule has 2 fully saturated rings. The molecule has 5 heteroatoms. The molecule has 1 amide bonds. The first kappa shape index (κ1) is 18.7. The molecule has 0 radical (unpaired) electrons. The average Bonchev–Trinajstić information content (AvgIpc) is 2.69. The predicted octanol–water partition coefficient (Wildman–Crippen LogP) is 2.91. The van der Waals surface area contributed by atoms with E-state index in [4.69, 9.17) is 0 Å². The number of nitrogens with zero attached hydrogens (tertiary/aromatic N) is 2. The second-order valence-corrected chi connectivity index (χ2v) is 7.85. The summed E-state index contributed by atoms with van der Waals surface area (Å²) in [7, 11) is 0. The van der Waals surface area contributed by atoms with Gasteiger partial charge >= 0.3 is 5.97 Å². The number of amides is 1. The van der Waals surface area contributed by atoms with E-state index in [0.717, 1.165) is 25.2 Å². The van der Waals surface area contributed by atoms with Crippen molar-refractivity contribution in [3.05, 3.63) is 71.8 Å². The Morgan fingerprint density at radius 2 is 1.54 bits per heavy atom. The first-order chi connectivity index (χ1) is 13.6. The molecule has 0 aliphatic carbocycles. The smallest absolute Gasteiger partial charge is 0.326 e. The second-order valence-electron chi connectivity index (χ2n) is 7.85.